The molecule has 31 heavy (non-hydrogen) atoms. The molecule has 162 valence electrons. The quantitative estimate of drug-likeness (QED) is 0.141. The zero-order valence-electron chi connectivity index (χ0n) is 15.1. The van der Waals surface area contributed by atoms with Crippen molar-refractivity contribution >= 4 is 53.8 Å². The zero-order chi connectivity index (χ0) is 23.1. The Morgan fingerprint density at radius 2 is 1.61 bits per heavy atom. The van der Waals surface area contributed by atoms with Crippen LogP contribution in [-0.4, -0.2) is 36.0 Å². The second-order valence-electron chi connectivity index (χ2n) is 6.10. The first kappa shape index (κ1) is 22.0. The Bertz CT molecular complexity index is 1480. The van der Waals surface area contributed by atoms with Crippen LogP contribution in [0.1, 0.15) is 0 Å². The van der Waals surface area contributed by atoms with Gasteiger partial charge in [-0.25, -0.2) is 0 Å². The van der Waals surface area contributed by atoms with Gasteiger partial charge in [-0.05, 0) is 23.6 Å². The second-order valence-corrected chi connectivity index (χ2v) is 8.91. The molecule has 0 radical (unpaired) electrons. The van der Waals surface area contributed by atoms with Crippen molar-refractivity contribution in [2.45, 2.75) is 9.79 Å². The van der Waals surface area contributed by atoms with Gasteiger partial charge in [0.2, 0.25) is 0 Å². The summed E-state index contributed by atoms with van der Waals surface area (Å²) in [5.74, 6) is -0.620. The summed E-state index contributed by atoms with van der Waals surface area (Å²) in [4.78, 5) is 8.52. The number of nitrogens with two attached hydrogens (primary N) is 1. The summed E-state index contributed by atoms with van der Waals surface area (Å²) in [6.45, 7) is 0. The van der Waals surface area contributed by atoms with Crippen molar-refractivity contribution in [3.63, 3.8) is 0 Å². The van der Waals surface area contributed by atoms with E-state index >= 15 is 0 Å². The third kappa shape index (κ3) is 4.43. The zero-order valence-corrected chi connectivity index (χ0v) is 16.7. The molecule has 0 spiro atoms. The number of benzene rings is 3. The lowest BCUT2D eigenvalue weighted by atomic mass is 10.1. The van der Waals surface area contributed by atoms with Crippen LogP contribution in [0, 0.1) is 10.1 Å². The predicted octanol–water partition coefficient (Wildman–Crippen LogP) is 2.94. The molecule has 0 saturated carbocycles. The van der Waals surface area contributed by atoms with E-state index < -0.39 is 52.1 Å². The van der Waals surface area contributed by atoms with Gasteiger partial charge in [0.05, 0.1) is 20.9 Å². The first-order valence-corrected chi connectivity index (χ1v) is 10.9. The van der Waals surface area contributed by atoms with Crippen LogP contribution in [0.5, 0.6) is 5.75 Å². The summed E-state index contributed by atoms with van der Waals surface area (Å²) in [6, 6.07) is 6.89. The third-order valence-electron chi connectivity index (χ3n) is 4.06. The Morgan fingerprint density at radius 1 is 0.935 bits per heavy atom. The summed E-state index contributed by atoms with van der Waals surface area (Å²) in [5.41, 5.74) is 4.54. The third-order valence-corrected chi connectivity index (χ3v) is 5.78. The maximum atomic E-state index is 11.6. The highest BCUT2D eigenvalue weighted by atomic mass is 32.2. The number of aromatic hydroxyl groups is 1. The number of anilines is 1. The molecule has 0 aliphatic rings. The van der Waals surface area contributed by atoms with Gasteiger partial charge in [-0.2, -0.15) is 16.8 Å². The molecule has 0 amide bonds. The molecule has 3 aromatic carbocycles. The fraction of sp³-hybridized carbons (Fsp3) is 0. The van der Waals surface area contributed by atoms with Crippen molar-refractivity contribution in [2.75, 3.05) is 5.73 Å². The number of azo groups is 1. The van der Waals surface area contributed by atoms with Gasteiger partial charge in [0.15, 0.2) is 0 Å². The Morgan fingerprint density at radius 3 is 2.19 bits per heavy atom. The number of nitrogens with zero attached hydrogens (tertiary/aromatic N) is 3. The molecule has 0 unspecified atom stereocenters. The van der Waals surface area contributed by atoms with E-state index in [2.05, 4.69) is 10.2 Å². The first-order valence-electron chi connectivity index (χ1n) is 7.99. The first-order chi connectivity index (χ1) is 14.3. The molecule has 3 aromatic rings. The summed E-state index contributed by atoms with van der Waals surface area (Å²) in [7, 11) is -9.53. The van der Waals surface area contributed by atoms with E-state index in [9.17, 15) is 41.2 Å². The normalized spacial score (nSPS) is 12.5. The Balaban J connectivity index is 2.23. The number of nitrogen functional groups attached to an aromatic ring is 1. The minimum atomic E-state index is -4.91. The lowest BCUT2D eigenvalue weighted by Gasteiger charge is -2.09. The lowest BCUT2D eigenvalue weighted by molar-refractivity contribution is -0.385. The predicted molar refractivity (Wildman–Crippen MR) is 107 cm³/mol. The van der Waals surface area contributed by atoms with Crippen LogP contribution in [0.25, 0.3) is 10.8 Å². The van der Waals surface area contributed by atoms with Gasteiger partial charge < -0.3 is 10.8 Å². The van der Waals surface area contributed by atoms with Crippen LogP contribution in [-0.2, 0) is 20.2 Å². The van der Waals surface area contributed by atoms with Crippen molar-refractivity contribution in [3.8, 4) is 5.75 Å². The number of hydrogen-bond acceptors (Lipinski definition) is 10. The molecule has 0 fully saturated rings. The minimum Gasteiger partial charge on any atom is -0.507 e. The average Bonchev–Trinajstić information content (AvgIpc) is 2.65. The molecule has 0 aliphatic heterocycles. The van der Waals surface area contributed by atoms with E-state index in [1.807, 2.05) is 0 Å². The standard InChI is InChI=1S/C16H12N4O9S2/c17-11-3-1-8-5-10(30(24,25)26)7-13(21)15(8)16(11)19-18-12-4-2-9(20(22)23)6-14(12)31(27,28)29/h1-7,21H,17H2,(H,24,25,26)(H,27,28,29)/b19-18+. The van der Waals surface area contributed by atoms with E-state index in [1.165, 1.54) is 12.1 Å². The molecule has 0 bridgehead atoms. The Hall–Kier alpha value is -3.66. The van der Waals surface area contributed by atoms with Gasteiger partial charge in [0, 0.05) is 18.2 Å². The second kappa shape index (κ2) is 7.55. The van der Waals surface area contributed by atoms with Crippen LogP contribution in [0.4, 0.5) is 22.7 Å². The highest BCUT2D eigenvalue weighted by Gasteiger charge is 2.21. The van der Waals surface area contributed by atoms with E-state index in [-0.39, 0.29) is 22.1 Å². The van der Waals surface area contributed by atoms with E-state index in [0.29, 0.717) is 6.07 Å². The fourth-order valence-corrected chi connectivity index (χ4v) is 3.86. The Labute approximate surface area is 174 Å². The van der Waals surface area contributed by atoms with E-state index in [0.717, 1.165) is 24.3 Å². The number of nitro groups is 1. The topological polar surface area (TPSA) is 223 Å². The summed E-state index contributed by atoms with van der Waals surface area (Å²) >= 11 is 0. The molecule has 0 heterocycles. The smallest absolute Gasteiger partial charge is 0.297 e. The van der Waals surface area contributed by atoms with Crippen molar-refractivity contribution in [3.05, 3.63) is 52.6 Å². The van der Waals surface area contributed by atoms with Gasteiger partial charge >= 0.3 is 0 Å². The maximum Gasteiger partial charge on any atom is 0.297 e. The van der Waals surface area contributed by atoms with Crippen molar-refractivity contribution < 1.29 is 36.0 Å². The number of phenolic OH excluding ortho intramolecular Hbond substituents is 1. The number of nitro benzene ring substituents is 1. The number of fused-ring (bicyclic) bond motifs is 1. The minimum absolute atomic E-state index is 0.0403. The average molecular weight is 468 g/mol. The van der Waals surface area contributed by atoms with E-state index in [4.69, 9.17) is 5.73 Å². The van der Waals surface area contributed by atoms with Crippen LogP contribution in [0.3, 0.4) is 0 Å². The van der Waals surface area contributed by atoms with Crippen LogP contribution < -0.4 is 5.73 Å². The number of phenols is 1. The molecule has 13 nitrogen and oxygen atoms in total. The SMILES string of the molecule is Nc1ccc2cc(S(=O)(=O)O)cc(O)c2c1/N=N/c1ccc([N+](=O)[O-])cc1S(=O)(=O)O. The van der Waals surface area contributed by atoms with Crippen molar-refractivity contribution in [1.29, 1.82) is 0 Å². The van der Waals surface area contributed by atoms with Crippen molar-refractivity contribution in [2.24, 2.45) is 10.2 Å². The molecule has 0 aliphatic carbocycles. The van der Waals surface area contributed by atoms with Crippen LogP contribution in [0.15, 0.2) is 62.5 Å². The largest absolute Gasteiger partial charge is 0.507 e. The van der Waals surface area contributed by atoms with E-state index in [1.54, 1.807) is 0 Å². The fourth-order valence-electron chi connectivity index (χ4n) is 2.68. The summed E-state index contributed by atoms with van der Waals surface area (Å²) < 4.78 is 64.4. The highest BCUT2D eigenvalue weighted by Crippen LogP contribution is 2.41. The van der Waals surface area contributed by atoms with Crippen molar-refractivity contribution in [1.82, 2.24) is 0 Å². The van der Waals surface area contributed by atoms with Gasteiger partial charge in [0.1, 0.15) is 22.0 Å². The van der Waals surface area contributed by atoms with Gasteiger partial charge in [-0.1, -0.05) is 6.07 Å². The molecule has 0 atom stereocenters. The molecule has 15 heteroatoms. The number of rotatable bonds is 5. The monoisotopic (exact) mass is 468 g/mol. The highest BCUT2D eigenvalue weighted by molar-refractivity contribution is 7.86. The van der Waals surface area contributed by atoms with Crippen LogP contribution >= 0.6 is 0 Å². The summed E-state index contributed by atoms with van der Waals surface area (Å²) in [5, 5.41) is 28.6. The molecule has 0 aromatic heterocycles. The summed E-state index contributed by atoms with van der Waals surface area (Å²) in [6.07, 6.45) is 0. The molecule has 5 N–H and O–H groups in total. The lowest BCUT2D eigenvalue weighted by Crippen LogP contribution is -2.00. The van der Waals surface area contributed by atoms with Gasteiger partial charge in [0.25, 0.3) is 25.9 Å². The molecule has 3 rings (SSSR count). The van der Waals surface area contributed by atoms with Gasteiger partial charge in [-0.15, -0.1) is 10.2 Å². The van der Waals surface area contributed by atoms with Crippen LogP contribution in [0.2, 0.25) is 0 Å². The molecule has 0 saturated heterocycles. The number of hydrogen-bond donors (Lipinski definition) is 4. The maximum absolute atomic E-state index is 11.6. The molecular weight excluding hydrogens is 456 g/mol. The Kier molecular flexibility index (Phi) is 5.36. The number of non-ortho nitro benzene ring substituents is 1. The van der Waals surface area contributed by atoms with Gasteiger partial charge in [-0.3, -0.25) is 19.2 Å². The molecular formula is C16H12N4O9S2.